The summed E-state index contributed by atoms with van der Waals surface area (Å²) >= 11 is 0. The fourth-order valence-corrected chi connectivity index (χ4v) is 1.04. The minimum absolute atomic E-state index is 0.472. The van der Waals surface area contributed by atoms with Crippen LogP contribution >= 0.6 is 0 Å². The minimum Gasteiger partial charge on any atom is -0.344 e. The second-order valence-corrected chi connectivity index (χ2v) is 2.80. The Kier molecular flexibility index (Phi) is 2.86. The van der Waals surface area contributed by atoms with Crippen LogP contribution in [0.1, 0.15) is 19.4 Å². The highest BCUT2D eigenvalue weighted by molar-refractivity contribution is 5.90. The summed E-state index contributed by atoms with van der Waals surface area (Å²) < 4.78 is 0. The lowest BCUT2D eigenvalue weighted by Crippen LogP contribution is -2.04. The zero-order chi connectivity index (χ0) is 8.97. The molecule has 0 saturated carbocycles. The van der Waals surface area contributed by atoms with Gasteiger partial charge in [-0.25, -0.2) is 0 Å². The second-order valence-electron chi connectivity index (χ2n) is 2.80. The summed E-state index contributed by atoms with van der Waals surface area (Å²) in [5, 5.41) is 10.2. The Hall–Kier alpha value is -1.31. The van der Waals surface area contributed by atoms with Crippen molar-refractivity contribution in [2.45, 2.75) is 20.3 Å². The van der Waals surface area contributed by atoms with Gasteiger partial charge in [0.25, 0.3) is 0 Å². The van der Waals surface area contributed by atoms with Crippen molar-refractivity contribution < 1.29 is 0 Å². The van der Waals surface area contributed by atoms with E-state index in [9.17, 15) is 0 Å². The molecule has 64 valence electrons. The minimum atomic E-state index is 0.472. The van der Waals surface area contributed by atoms with Gasteiger partial charge < -0.3 is 5.32 Å². The van der Waals surface area contributed by atoms with E-state index in [1.54, 1.807) is 6.92 Å². The molecule has 0 aromatic heterocycles. The normalized spacial score (nSPS) is 9.50. The Balaban J connectivity index is 2.71. The van der Waals surface area contributed by atoms with Crippen LogP contribution in [-0.4, -0.2) is 5.84 Å². The van der Waals surface area contributed by atoms with Crippen LogP contribution in [0.3, 0.4) is 0 Å². The van der Waals surface area contributed by atoms with E-state index < -0.39 is 0 Å². The molecule has 0 bridgehead atoms. The molecular weight excluding hydrogens is 148 g/mol. The van der Waals surface area contributed by atoms with Gasteiger partial charge in [0.05, 0.1) is 5.84 Å². The predicted octanol–water partition coefficient (Wildman–Crippen LogP) is 2.66. The van der Waals surface area contributed by atoms with Crippen LogP contribution in [0.5, 0.6) is 0 Å². The SMILES string of the molecule is CCc1ccc(NC(C)=N)cc1. The van der Waals surface area contributed by atoms with E-state index in [1.807, 2.05) is 12.1 Å². The van der Waals surface area contributed by atoms with Crippen molar-refractivity contribution in [3.63, 3.8) is 0 Å². The molecule has 2 N–H and O–H groups in total. The summed E-state index contributed by atoms with van der Waals surface area (Å²) in [6, 6.07) is 8.14. The summed E-state index contributed by atoms with van der Waals surface area (Å²) in [6.07, 6.45) is 1.06. The molecule has 0 saturated heterocycles. The van der Waals surface area contributed by atoms with E-state index in [0.29, 0.717) is 5.84 Å². The number of amidine groups is 1. The van der Waals surface area contributed by atoms with Crippen LogP contribution in [0.2, 0.25) is 0 Å². The molecule has 0 aliphatic heterocycles. The number of rotatable bonds is 2. The van der Waals surface area contributed by atoms with Gasteiger partial charge >= 0.3 is 0 Å². The maximum Gasteiger partial charge on any atom is 0.0944 e. The zero-order valence-corrected chi connectivity index (χ0v) is 7.52. The molecule has 0 spiro atoms. The summed E-state index contributed by atoms with van der Waals surface area (Å²) in [5.41, 5.74) is 2.31. The Labute approximate surface area is 73.1 Å². The van der Waals surface area contributed by atoms with Crippen molar-refractivity contribution in [2.24, 2.45) is 0 Å². The third-order valence-corrected chi connectivity index (χ3v) is 1.69. The predicted molar refractivity (Wildman–Crippen MR) is 52.8 cm³/mol. The number of aryl methyl sites for hydroxylation is 1. The quantitative estimate of drug-likeness (QED) is 0.509. The molecule has 1 aromatic carbocycles. The van der Waals surface area contributed by atoms with Crippen LogP contribution in [0.25, 0.3) is 0 Å². The van der Waals surface area contributed by atoms with Crippen LogP contribution in [-0.2, 0) is 6.42 Å². The van der Waals surface area contributed by atoms with E-state index >= 15 is 0 Å². The number of nitrogens with one attached hydrogen (secondary N) is 2. The fraction of sp³-hybridized carbons (Fsp3) is 0.300. The molecule has 0 heterocycles. The van der Waals surface area contributed by atoms with Crippen molar-refractivity contribution in [1.29, 1.82) is 5.41 Å². The molecule has 0 amide bonds. The maximum atomic E-state index is 7.22. The molecule has 12 heavy (non-hydrogen) atoms. The van der Waals surface area contributed by atoms with Crippen molar-refractivity contribution in [2.75, 3.05) is 5.32 Å². The average Bonchev–Trinajstić information content (AvgIpc) is 2.05. The molecule has 0 aliphatic rings. The number of anilines is 1. The molecule has 0 radical (unpaired) electrons. The monoisotopic (exact) mass is 162 g/mol. The molecular formula is C10H14N2. The smallest absolute Gasteiger partial charge is 0.0944 e. The van der Waals surface area contributed by atoms with Crippen molar-refractivity contribution in [1.82, 2.24) is 0 Å². The molecule has 0 unspecified atom stereocenters. The zero-order valence-electron chi connectivity index (χ0n) is 7.52. The second kappa shape index (κ2) is 3.90. The molecule has 2 nitrogen and oxygen atoms in total. The van der Waals surface area contributed by atoms with Gasteiger partial charge in [0.15, 0.2) is 0 Å². The van der Waals surface area contributed by atoms with Crippen molar-refractivity contribution >= 4 is 11.5 Å². The van der Waals surface area contributed by atoms with Gasteiger partial charge in [-0.15, -0.1) is 0 Å². The van der Waals surface area contributed by atoms with Crippen LogP contribution in [0.15, 0.2) is 24.3 Å². The molecule has 0 atom stereocenters. The Bertz CT molecular complexity index is 262. The first-order chi connectivity index (χ1) is 5.72. The van der Waals surface area contributed by atoms with E-state index in [1.165, 1.54) is 5.56 Å². The van der Waals surface area contributed by atoms with Gasteiger partial charge in [-0.05, 0) is 31.0 Å². The molecule has 2 heteroatoms. The summed E-state index contributed by atoms with van der Waals surface area (Å²) in [7, 11) is 0. The Morgan fingerprint density at radius 3 is 2.33 bits per heavy atom. The first-order valence-corrected chi connectivity index (χ1v) is 4.13. The van der Waals surface area contributed by atoms with Gasteiger partial charge in [0.1, 0.15) is 0 Å². The molecule has 1 rings (SSSR count). The maximum absolute atomic E-state index is 7.22. The first kappa shape index (κ1) is 8.78. The van der Waals surface area contributed by atoms with Crippen molar-refractivity contribution in [3.05, 3.63) is 29.8 Å². The Morgan fingerprint density at radius 1 is 1.33 bits per heavy atom. The van der Waals surface area contributed by atoms with Gasteiger partial charge in [-0.1, -0.05) is 19.1 Å². The van der Waals surface area contributed by atoms with E-state index in [0.717, 1.165) is 12.1 Å². The fourth-order valence-electron chi connectivity index (χ4n) is 1.04. The molecule has 1 aromatic rings. The molecule has 0 fully saturated rings. The Morgan fingerprint density at radius 2 is 1.92 bits per heavy atom. The number of hydrogen-bond acceptors (Lipinski definition) is 1. The van der Waals surface area contributed by atoms with Gasteiger partial charge in [0.2, 0.25) is 0 Å². The van der Waals surface area contributed by atoms with E-state index in [-0.39, 0.29) is 0 Å². The third kappa shape index (κ3) is 2.38. The van der Waals surface area contributed by atoms with Crippen LogP contribution in [0.4, 0.5) is 5.69 Å². The summed E-state index contributed by atoms with van der Waals surface area (Å²) in [5.74, 6) is 0.472. The highest BCUT2D eigenvalue weighted by Gasteiger charge is 1.91. The van der Waals surface area contributed by atoms with Crippen LogP contribution < -0.4 is 5.32 Å². The highest BCUT2D eigenvalue weighted by atomic mass is 14.9. The van der Waals surface area contributed by atoms with Crippen LogP contribution in [0, 0.1) is 5.41 Å². The van der Waals surface area contributed by atoms with E-state index in [4.69, 9.17) is 5.41 Å². The van der Waals surface area contributed by atoms with Gasteiger partial charge in [0, 0.05) is 5.69 Å². The standard InChI is InChI=1S/C10H14N2/c1-3-9-4-6-10(7-5-9)12-8(2)11/h4-7H,3H2,1-2H3,(H2,11,12). The molecule has 0 aliphatic carbocycles. The highest BCUT2D eigenvalue weighted by Crippen LogP contribution is 2.09. The lowest BCUT2D eigenvalue weighted by Gasteiger charge is -2.03. The third-order valence-electron chi connectivity index (χ3n) is 1.69. The van der Waals surface area contributed by atoms with Crippen molar-refractivity contribution in [3.8, 4) is 0 Å². The topological polar surface area (TPSA) is 35.9 Å². The number of hydrogen-bond donors (Lipinski definition) is 2. The van der Waals surface area contributed by atoms with E-state index in [2.05, 4.69) is 24.4 Å². The lowest BCUT2D eigenvalue weighted by atomic mass is 10.1. The number of benzene rings is 1. The summed E-state index contributed by atoms with van der Waals surface area (Å²) in [6.45, 7) is 3.86. The van der Waals surface area contributed by atoms with Gasteiger partial charge in [-0.2, -0.15) is 0 Å². The average molecular weight is 162 g/mol. The lowest BCUT2D eigenvalue weighted by molar-refractivity contribution is 1.14. The summed E-state index contributed by atoms with van der Waals surface area (Å²) in [4.78, 5) is 0. The first-order valence-electron chi connectivity index (χ1n) is 4.13. The largest absolute Gasteiger partial charge is 0.344 e. The van der Waals surface area contributed by atoms with Gasteiger partial charge in [-0.3, -0.25) is 5.41 Å².